The van der Waals surface area contributed by atoms with E-state index in [1.54, 1.807) is 40.7 Å². The van der Waals surface area contributed by atoms with Gasteiger partial charge < -0.3 is 34.2 Å². The van der Waals surface area contributed by atoms with Crippen LogP contribution in [0.25, 0.3) is 0 Å². The lowest BCUT2D eigenvalue weighted by molar-refractivity contribution is 0.0230. The van der Waals surface area contributed by atoms with Crippen molar-refractivity contribution in [1.82, 2.24) is 29.4 Å². The Bertz CT molecular complexity index is 1240. The Morgan fingerprint density at radius 3 is 1.27 bits per heavy atom. The van der Waals surface area contributed by atoms with Crippen LogP contribution >= 0.6 is 0 Å². The van der Waals surface area contributed by atoms with Crippen molar-refractivity contribution in [2.24, 2.45) is 14.1 Å². The third kappa shape index (κ3) is 9.35. The van der Waals surface area contributed by atoms with Gasteiger partial charge in [0.25, 0.3) is 0 Å². The van der Waals surface area contributed by atoms with E-state index in [-0.39, 0.29) is 23.7 Å². The first-order valence-corrected chi connectivity index (χ1v) is 14.6. The number of ketones is 1. The van der Waals surface area contributed by atoms with E-state index in [9.17, 15) is 19.2 Å². The van der Waals surface area contributed by atoms with Gasteiger partial charge in [-0.25, -0.2) is 14.4 Å². The number of carboxylic acids is 1. The number of hydrogen-bond acceptors (Lipinski definition) is 10. The number of carboxylic acid groups (broad SMARTS) is 1. The van der Waals surface area contributed by atoms with Gasteiger partial charge in [-0.05, 0) is 41.5 Å². The van der Waals surface area contributed by atoms with E-state index in [1.165, 1.54) is 11.6 Å². The van der Waals surface area contributed by atoms with Gasteiger partial charge >= 0.3 is 18.2 Å². The monoisotopic (exact) mass is 618 g/mol. The minimum atomic E-state index is -1.01. The highest BCUT2D eigenvalue weighted by atomic mass is 16.6. The number of aryl methyl sites for hydroxylation is 2. The van der Waals surface area contributed by atoms with Crippen LogP contribution in [0.4, 0.5) is 21.2 Å². The van der Waals surface area contributed by atoms with Gasteiger partial charge in [0.15, 0.2) is 17.4 Å². The van der Waals surface area contributed by atoms with Gasteiger partial charge in [0, 0.05) is 85.5 Å². The highest BCUT2D eigenvalue weighted by Crippen LogP contribution is 2.19. The summed E-state index contributed by atoms with van der Waals surface area (Å²) in [5.41, 5.74) is -0.258. The number of hydrogen-bond donors (Lipinski definition) is 1. The number of carbonyl (C=O) groups excluding carboxylic acids is 3. The molecule has 0 radical (unpaired) electrons. The van der Waals surface area contributed by atoms with Gasteiger partial charge in [0.2, 0.25) is 0 Å². The van der Waals surface area contributed by atoms with Crippen molar-refractivity contribution in [3.05, 3.63) is 23.5 Å². The van der Waals surface area contributed by atoms with Gasteiger partial charge in [-0.1, -0.05) is 0 Å². The standard InChI is InChI=1S/C15H24N4O3.C14H22N4O4/c1-11(20)12-10-13(16-17(12)5)18-6-8-19(9-7-18)14(21)22-15(2,3)4;1-14(2,3)22-13(21)18-7-5-17(6-8-18)11-9-10(12(19)20)16(4)15-11/h10H,6-9H2,1-5H3;9H,5-8H2,1-4H3,(H,19,20). The summed E-state index contributed by atoms with van der Waals surface area (Å²) in [7, 11) is 3.36. The van der Waals surface area contributed by atoms with Crippen LogP contribution in [0, 0.1) is 0 Å². The molecule has 0 atom stereocenters. The number of carbonyl (C=O) groups is 4. The Hall–Kier alpha value is -4.30. The fourth-order valence-corrected chi connectivity index (χ4v) is 4.63. The van der Waals surface area contributed by atoms with E-state index in [0.717, 1.165) is 5.82 Å². The molecule has 2 aliphatic heterocycles. The van der Waals surface area contributed by atoms with Gasteiger partial charge in [-0.3, -0.25) is 14.2 Å². The van der Waals surface area contributed by atoms with Crippen molar-refractivity contribution in [1.29, 1.82) is 0 Å². The molecule has 15 heteroatoms. The van der Waals surface area contributed by atoms with Gasteiger partial charge in [0.05, 0.1) is 0 Å². The Balaban J connectivity index is 0.000000240. The zero-order valence-electron chi connectivity index (χ0n) is 27.3. The van der Waals surface area contributed by atoms with E-state index >= 15 is 0 Å². The maximum absolute atomic E-state index is 12.0. The second-order valence-electron chi connectivity index (χ2n) is 12.8. The van der Waals surface area contributed by atoms with Crippen LogP contribution in [0.15, 0.2) is 12.1 Å². The van der Waals surface area contributed by atoms with Crippen molar-refractivity contribution >= 4 is 35.6 Å². The summed E-state index contributed by atoms with van der Waals surface area (Å²) in [4.78, 5) is 54.0. The van der Waals surface area contributed by atoms with Gasteiger partial charge in [-0.15, -0.1) is 0 Å². The predicted molar refractivity (Wildman–Crippen MR) is 163 cm³/mol. The van der Waals surface area contributed by atoms with E-state index < -0.39 is 17.2 Å². The zero-order valence-corrected chi connectivity index (χ0v) is 27.3. The maximum atomic E-state index is 12.0. The van der Waals surface area contributed by atoms with Gasteiger partial charge in [-0.2, -0.15) is 10.2 Å². The molecule has 4 rings (SSSR count). The maximum Gasteiger partial charge on any atom is 0.410 e. The molecular formula is C29H46N8O7. The largest absolute Gasteiger partial charge is 0.477 e. The predicted octanol–water partition coefficient (Wildman–Crippen LogP) is 2.86. The van der Waals surface area contributed by atoms with Crippen LogP contribution in [0.1, 0.15) is 69.4 Å². The lowest BCUT2D eigenvalue weighted by Gasteiger charge is -2.35. The summed E-state index contributed by atoms with van der Waals surface area (Å²) in [5, 5.41) is 17.6. The number of ether oxygens (including phenoxy) is 2. The summed E-state index contributed by atoms with van der Waals surface area (Å²) in [6.45, 7) is 17.4. The first-order valence-electron chi connectivity index (χ1n) is 14.6. The molecule has 244 valence electrons. The Morgan fingerprint density at radius 2 is 1.00 bits per heavy atom. The number of aromatic nitrogens is 4. The fraction of sp³-hybridized carbons (Fsp3) is 0.655. The molecule has 15 nitrogen and oxygen atoms in total. The van der Waals surface area contributed by atoms with Crippen LogP contribution in [-0.2, 0) is 23.6 Å². The number of anilines is 2. The molecule has 0 saturated carbocycles. The minimum Gasteiger partial charge on any atom is -0.477 e. The number of amides is 2. The highest BCUT2D eigenvalue weighted by molar-refractivity contribution is 5.93. The number of aromatic carboxylic acids is 1. The molecule has 0 spiro atoms. The molecule has 0 unspecified atom stereocenters. The number of Topliss-reactive ketones (excluding diaryl/α,β-unsaturated/α-hetero) is 1. The normalized spacial score (nSPS) is 15.8. The lowest BCUT2D eigenvalue weighted by Crippen LogP contribution is -2.50. The minimum absolute atomic E-state index is 0.00589. The molecule has 4 heterocycles. The zero-order chi connectivity index (χ0) is 33.0. The molecule has 44 heavy (non-hydrogen) atoms. The molecule has 2 aromatic rings. The molecule has 2 saturated heterocycles. The first kappa shape index (κ1) is 34.2. The van der Waals surface area contributed by atoms with E-state index in [0.29, 0.717) is 63.9 Å². The number of rotatable bonds is 4. The number of piperazine rings is 2. The van der Waals surface area contributed by atoms with E-state index in [1.807, 2.05) is 46.4 Å². The summed E-state index contributed by atoms with van der Waals surface area (Å²) >= 11 is 0. The smallest absolute Gasteiger partial charge is 0.410 e. The van der Waals surface area contributed by atoms with Crippen LogP contribution in [0.2, 0.25) is 0 Å². The van der Waals surface area contributed by atoms with Crippen molar-refractivity contribution in [2.45, 2.75) is 59.7 Å². The summed E-state index contributed by atoms with van der Waals surface area (Å²) in [5.74, 6) is 0.377. The van der Waals surface area contributed by atoms with Crippen LogP contribution < -0.4 is 9.80 Å². The molecule has 2 fully saturated rings. The highest BCUT2D eigenvalue weighted by Gasteiger charge is 2.28. The summed E-state index contributed by atoms with van der Waals surface area (Å²) in [6, 6.07) is 3.34. The molecule has 0 aromatic carbocycles. The molecule has 2 aromatic heterocycles. The van der Waals surface area contributed by atoms with Crippen LogP contribution in [0.3, 0.4) is 0 Å². The van der Waals surface area contributed by atoms with Crippen LogP contribution in [-0.4, -0.2) is 122 Å². The molecule has 2 amide bonds. The average molecular weight is 619 g/mol. The molecule has 1 N–H and O–H groups in total. The fourth-order valence-electron chi connectivity index (χ4n) is 4.63. The van der Waals surface area contributed by atoms with Gasteiger partial charge in [0.1, 0.15) is 22.6 Å². The summed E-state index contributed by atoms with van der Waals surface area (Å²) in [6.07, 6.45) is -0.600. The average Bonchev–Trinajstić information content (AvgIpc) is 3.50. The summed E-state index contributed by atoms with van der Waals surface area (Å²) < 4.78 is 13.7. The first-order chi connectivity index (χ1) is 20.3. The van der Waals surface area contributed by atoms with Crippen molar-refractivity contribution in [3.8, 4) is 0 Å². The van der Waals surface area contributed by atoms with Crippen LogP contribution in [0.5, 0.6) is 0 Å². The second kappa shape index (κ2) is 13.6. The number of nitrogens with zero attached hydrogens (tertiary/aromatic N) is 8. The molecule has 0 bridgehead atoms. The molecular weight excluding hydrogens is 572 g/mol. The Kier molecular flexibility index (Phi) is 10.5. The van der Waals surface area contributed by atoms with Crippen molar-refractivity contribution < 1.29 is 33.8 Å². The third-order valence-electron chi connectivity index (χ3n) is 6.82. The van der Waals surface area contributed by atoms with Crippen molar-refractivity contribution in [3.63, 3.8) is 0 Å². The Labute approximate surface area is 258 Å². The van der Waals surface area contributed by atoms with E-state index in [4.69, 9.17) is 14.6 Å². The quantitative estimate of drug-likeness (QED) is 0.503. The van der Waals surface area contributed by atoms with Crippen molar-refractivity contribution in [2.75, 3.05) is 62.2 Å². The SMILES string of the molecule is CC(=O)c1cc(N2CCN(C(=O)OC(C)(C)C)CC2)nn1C.Cn1nc(N2CCN(C(=O)OC(C)(C)C)CC2)cc1C(=O)O. The van der Waals surface area contributed by atoms with E-state index in [2.05, 4.69) is 15.1 Å². The third-order valence-corrected chi connectivity index (χ3v) is 6.82. The lowest BCUT2D eigenvalue weighted by atomic mass is 10.2. The topological polar surface area (TPSA) is 156 Å². The molecule has 0 aliphatic carbocycles. The Morgan fingerprint density at radius 1 is 0.659 bits per heavy atom. The molecule has 2 aliphatic rings. The second-order valence-corrected chi connectivity index (χ2v) is 12.8.